The van der Waals surface area contributed by atoms with Crippen molar-refractivity contribution >= 4 is 29.2 Å². The van der Waals surface area contributed by atoms with Crippen molar-refractivity contribution in [1.82, 2.24) is 4.31 Å². The predicted octanol–water partition coefficient (Wildman–Crippen LogP) is 2.90. The van der Waals surface area contributed by atoms with Crippen LogP contribution in [-0.2, 0) is 19.3 Å². The largest absolute Gasteiger partial charge is 0.282 e. The van der Waals surface area contributed by atoms with Gasteiger partial charge >= 0.3 is 0 Å². The van der Waals surface area contributed by atoms with Gasteiger partial charge in [-0.3, -0.25) is 9.10 Å². The van der Waals surface area contributed by atoms with E-state index in [-0.39, 0.29) is 5.91 Å². The quantitative estimate of drug-likeness (QED) is 0.728. The minimum atomic E-state index is 0.253. The van der Waals surface area contributed by atoms with E-state index in [0.29, 0.717) is 5.41 Å². The van der Waals surface area contributed by atoms with Crippen LogP contribution in [0.25, 0.3) is 0 Å². The van der Waals surface area contributed by atoms with Crippen molar-refractivity contribution in [1.29, 1.82) is 0 Å². The number of carbonyl (C=O) groups is 1. The average molecular weight is 265 g/mol. The minimum absolute atomic E-state index is 0.253. The first kappa shape index (κ1) is 10.4. The standard InChI is InChI=1S/C13H15NOS2/c1-16-14-5-2-8-9-6-13(3-4-13)7-10(9)17-11(8)12(14)15/h2-7H2,1H3. The molecule has 1 amide bonds. The fraction of sp³-hybridized carbons (Fsp3) is 0.615. The number of hydrogen-bond acceptors (Lipinski definition) is 3. The molecule has 1 fully saturated rings. The fourth-order valence-corrected chi connectivity index (χ4v) is 5.33. The Bertz CT molecular complexity index is 516. The lowest BCUT2D eigenvalue weighted by atomic mass is 9.99. The highest BCUT2D eigenvalue weighted by atomic mass is 32.2. The molecule has 2 aliphatic carbocycles. The van der Waals surface area contributed by atoms with E-state index < -0.39 is 0 Å². The van der Waals surface area contributed by atoms with Crippen molar-refractivity contribution in [3.63, 3.8) is 0 Å². The van der Waals surface area contributed by atoms with E-state index in [9.17, 15) is 4.79 Å². The summed E-state index contributed by atoms with van der Waals surface area (Å²) in [7, 11) is 0. The van der Waals surface area contributed by atoms with E-state index in [1.54, 1.807) is 28.8 Å². The molecule has 3 aliphatic rings. The fourth-order valence-electron chi connectivity index (χ4n) is 3.25. The molecule has 0 bridgehead atoms. The van der Waals surface area contributed by atoms with E-state index in [1.165, 1.54) is 36.1 Å². The van der Waals surface area contributed by atoms with Crippen molar-refractivity contribution in [3.05, 3.63) is 20.9 Å². The van der Waals surface area contributed by atoms with Crippen LogP contribution in [0.5, 0.6) is 0 Å². The molecule has 0 aromatic carbocycles. The Morgan fingerprint density at radius 3 is 2.82 bits per heavy atom. The first-order valence-corrected chi connectivity index (χ1v) is 8.22. The van der Waals surface area contributed by atoms with Gasteiger partial charge in [-0.2, -0.15) is 0 Å². The van der Waals surface area contributed by atoms with Gasteiger partial charge in [-0.1, -0.05) is 11.9 Å². The van der Waals surface area contributed by atoms with Crippen LogP contribution in [0.15, 0.2) is 0 Å². The summed E-state index contributed by atoms with van der Waals surface area (Å²) in [6, 6.07) is 0. The third-order valence-corrected chi connectivity index (χ3v) is 6.50. The van der Waals surface area contributed by atoms with E-state index in [0.717, 1.165) is 17.8 Å². The molecule has 1 aromatic heterocycles. The zero-order valence-electron chi connectivity index (χ0n) is 9.91. The molecule has 1 aromatic rings. The van der Waals surface area contributed by atoms with Crippen LogP contribution in [0, 0.1) is 5.41 Å². The van der Waals surface area contributed by atoms with Crippen LogP contribution < -0.4 is 0 Å². The molecule has 1 aliphatic heterocycles. The third-order valence-electron chi connectivity index (χ3n) is 4.45. The molecule has 4 rings (SSSR count). The number of nitrogens with zero attached hydrogens (tertiary/aromatic N) is 1. The summed E-state index contributed by atoms with van der Waals surface area (Å²) < 4.78 is 1.90. The van der Waals surface area contributed by atoms with Gasteiger partial charge in [-0.15, -0.1) is 11.3 Å². The second-order valence-corrected chi connectivity index (χ2v) is 7.42. The van der Waals surface area contributed by atoms with Gasteiger partial charge in [0.05, 0.1) is 4.88 Å². The summed E-state index contributed by atoms with van der Waals surface area (Å²) >= 11 is 3.35. The normalized spacial score (nSPS) is 24.1. The molecule has 0 N–H and O–H groups in total. The molecule has 0 saturated heterocycles. The zero-order chi connectivity index (χ0) is 11.6. The van der Waals surface area contributed by atoms with Crippen LogP contribution in [0.1, 0.15) is 38.5 Å². The van der Waals surface area contributed by atoms with Gasteiger partial charge in [0.2, 0.25) is 0 Å². The summed E-state index contributed by atoms with van der Waals surface area (Å²) in [5.41, 5.74) is 3.62. The van der Waals surface area contributed by atoms with Crippen LogP contribution in [-0.4, -0.2) is 23.0 Å². The molecule has 2 nitrogen and oxygen atoms in total. The molecule has 1 saturated carbocycles. The van der Waals surface area contributed by atoms with Gasteiger partial charge < -0.3 is 0 Å². The second-order valence-electron chi connectivity index (χ2n) is 5.50. The Hall–Kier alpha value is -0.480. The van der Waals surface area contributed by atoms with Gasteiger partial charge in [0.25, 0.3) is 5.91 Å². The minimum Gasteiger partial charge on any atom is -0.282 e. The second kappa shape index (κ2) is 3.29. The summed E-state index contributed by atoms with van der Waals surface area (Å²) in [5, 5.41) is 0. The van der Waals surface area contributed by atoms with E-state index in [1.807, 2.05) is 10.6 Å². The van der Waals surface area contributed by atoms with Crippen LogP contribution in [0.4, 0.5) is 0 Å². The van der Waals surface area contributed by atoms with Gasteiger partial charge in [0, 0.05) is 17.7 Å². The van der Waals surface area contributed by atoms with Crippen molar-refractivity contribution in [3.8, 4) is 0 Å². The average Bonchev–Trinajstić information content (AvgIpc) is 2.83. The van der Waals surface area contributed by atoms with E-state index in [2.05, 4.69) is 0 Å². The number of carbonyl (C=O) groups excluding carboxylic acids is 1. The smallest absolute Gasteiger partial charge is 0.274 e. The van der Waals surface area contributed by atoms with Crippen molar-refractivity contribution in [2.75, 3.05) is 12.8 Å². The molecule has 4 heteroatoms. The highest BCUT2D eigenvalue weighted by molar-refractivity contribution is 7.96. The number of rotatable bonds is 1. The maximum atomic E-state index is 12.2. The number of thiophene rings is 1. The van der Waals surface area contributed by atoms with Crippen molar-refractivity contribution in [2.24, 2.45) is 5.41 Å². The lowest BCUT2D eigenvalue weighted by molar-refractivity contribution is 0.0866. The molecular weight excluding hydrogens is 250 g/mol. The lowest BCUT2D eigenvalue weighted by Crippen LogP contribution is -2.31. The Kier molecular flexibility index (Phi) is 2.02. The summed E-state index contributed by atoms with van der Waals surface area (Å²) in [4.78, 5) is 14.8. The Labute approximate surface area is 110 Å². The monoisotopic (exact) mass is 265 g/mol. The third kappa shape index (κ3) is 1.37. The molecule has 0 unspecified atom stereocenters. The van der Waals surface area contributed by atoms with Gasteiger partial charge in [-0.25, -0.2) is 0 Å². The molecule has 0 atom stereocenters. The Balaban J connectivity index is 1.76. The summed E-state index contributed by atoms with van der Waals surface area (Å²) in [6.07, 6.45) is 8.41. The highest BCUT2D eigenvalue weighted by Crippen LogP contribution is 2.58. The Morgan fingerprint density at radius 1 is 1.29 bits per heavy atom. The number of fused-ring (bicyclic) bond motifs is 3. The molecule has 90 valence electrons. The van der Waals surface area contributed by atoms with Crippen LogP contribution in [0.2, 0.25) is 0 Å². The van der Waals surface area contributed by atoms with E-state index >= 15 is 0 Å². The molecule has 1 spiro atoms. The van der Waals surface area contributed by atoms with Gasteiger partial charge in [-0.05, 0) is 48.6 Å². The van der Waals surface area contributed by atoms with Crippen molar-refractivity contribution < 1.29 is 4.79 Å². The SMILES string of the molecule is CSN1CCc2c(sc3c2CC2(CC2)C3)C1=O. The highest BCUT2D eigenvalue weighted by Gasteiger charge is 2.49. The molecule has 0 radical (unpaired) electrons. The van der Waals surface area contributed by atoms with Gasteiger partial charge in [0.1, 0.15) is 0 Å². The van der Waals surface area contributed by atoms with E-state index in [4.69, 9.17) is 0 Å². The maximum Gasteiger partial charge on any atom is 0.274 e. The Morgan fingerprint density at radius 2 is 2.12 bits per heavy atom. The molecular formula is C13H15NOS2. The molecule has 2 heterocycles. The maximum absolute atomic E-state index is 12.2. The van der Waals surface area contributed by atoms with Crippen molar-refractivity contribution in [2.45, 2.75) is 32.1 Å². The summed E-state index contributed by atoms with van der Waals surface area (Å²) in [6.45, 7) is 0.892. The predicted molar refractivity (Wildman–Crippen MR) is 71.6 cm³/mol. The van der Waals surface area contributed by atoms with Crippen LogP contribution >= 0.6 is 23.3 Å². The molecule has 17 heavy (non-hydrogen) atoms. The topological polar surface area (TPSA) is 20.3 Å². The lowest BCUT2D eigenvalue weighted by Gasteiger charge is -2.24. The number of hydrogen-bond donors (Lipinski definition) is 0. The number of amides is 1. The zero-order valence-corrected chi connectivity index (χ0v) is 11.5. The van der Waals surface area contributed by atoms with Gasteiger partial charge in [0.15, 0.2) is 0 Å². The first-order chi connectivity index (χ1) is 8.22. The first-order valence-electron chi connectivity index (χ1n) is 6.22. The summed E-state index contributed by atoms with van der Waals surface area (Å²) in [5.74, 6) is 0.253. The van der Waals surface area contributed by atoms with Crippen LogP contribution in [0.3, 0.4) is 0 Å².